The fourth-order valence-corrected chi connectivity index (χ4v) is 4.33. The van der Waals surface area contributed by atoms with Crippen LogP contribution >= 0.6 is 8.58 Å². The minimum atomic E-state index is -0.107. The Balaban J connectivity index is 2.55. The molecular formula is C24H33O4P. The number of carbonyl (C=O) groups is 1. The average molecular weight is 416 g/mol. The van der Waals surface area contributed by atoms with Gasteiger partial charge in [0, 0.05) is 17.7 Å². The highest BCUT2D eigenvalue weighted by Gasteiger charge is 2.22. The molecule has 0 heterocycles. The predicted octanol–water partition coefficient (Wildman–Crippen LogP) is 5.81. The molecule has 0 amide bonds. The van der Waals surface area contributed by atoms with Gasteiger partial charge in [-0.2, -0.15) is 0 Å². The quantitative estimate of drug-likeness (QED) is 0.484. The zero-order valence-electron chi connectivity index (χ0n) is 18.8. The molecule has 4 nitrogen and oxygen atoms in total. The molecule has 0 radical (unpaired) electrons. The SMILES string of the molecule is Cc1cccc(C)c1C(=O)Pc1c(OC(C)C)cc(OC(C)C)cc1OC(C)C. The van der Waals surface area contributed by atoms with Gasteiger partial charge in [0.2, 0.25) is 0 Å². The van der Waals surface area contributed by atoms with Crippen LogP contribution in [0.25, 0.3) is 0 Å². The molecule has 158 valence electrons. The van der Waals surface area contributed by atoms with Crippen molar-refractivity contribution in [3.05, 3.63) is 47.0 Å². The molecule has 0 spiro atoms. The van der Waals surface area contributed by atoms with Crippen LogP contribution in [0.3, 0.4) is 0 Å². The summed E-state index contributed by atoms with van der Waals surface area (Å²) in [4.78, 5) is 13.3. The van der Waals surface area contributed by atoms with Gasteiger partial charge >= 0.3 is 0 Å². The smallest absolute Gasteiger partial charge is 0.186 e. The van der Waals surface area contributed by atoms with E-state index in [9.17, 15) is 4.79 Å². The second kappa shape index (κ2) is 10.1. The summed E-state index contributed by atoms with van der Waals surface area (Å²) < 4.78 is 18.1. The molecule has 1 unspecified atom stereocenters. The summed E-state index contributed by atoms with van der Waals surface area (Å²) >= 11 is 0. The Labute approximate surface area is 176 Å². The second-order valence-electron chi connectivity index (χ2n) is 8.02. The highest BCUT2D eigenvalue weighted by Crippen LogP contribution is 2.36. The van der Waals surface area contributed by atoms with Gasteiger partial charge in [-0.15, -0.1) is 0 Å². The average Bonchev–Trinajstić information content (AvgIpc) is 2.56. The van der Waals surface area contributed by atoms with Crippen LogP contribution in [0.2, 0.25) is 0 Å². The normalized spacial score (nSPS) is 11.7. The number of aryl methyl sites for hydroxylation is 2. The number of hydrogen-bond donors (Lipinski definition) is 0. The first-order chi connectivity index (χ1) is 13.6. The van der Waals surface area contributed by atoms with Gasteiger partial charge in [0.15, 0.2) is 5.52 Å². The summed E-state index contributed by atoms with van der Waals surface area (Å²) in [6, 6.07) is 9.66. The van der Waals surface area contributed by atoms with E-state index in [-0.39, 0.29) is 32.4 Å². The van der Waals surface area contributed by atoms with Gasteiger partial charge in [0.05, 0.1) is 23.6 Å². The van der Waals surface area contributed by atoms with Gasteiger partial charge in [-0.3, -0.25) is 4.79 Å². The molecule has 0 aliphatic heterocycles. The zero-order valence-corrected chi connectivity index (χ0v) is 19.8. The highest BCUT2D eigenvalue weighted by atomic mass is 31.1. The molecule has 0 bridgehead atoms. The van der Waals surface area contributed by atoms with E-state index in [2.05, 4.69) is 0 Å². The largest absolute Gasteiger partial charge is 0.491 e. The van der Waals surface area contributed by atoms with Crippen molar-refractivity contribution < 1.29 is 19.0 Å². The summed E-state index contributed by atoms with van der Waals surface area (Å²) in [5.41, 5.74) is 2.83. The summed E-state index contributed by atoms with van der Waals surface area (Å²) in [5.74, 6) is 1.97. The Hall–Kier alpha value is -2.06. The molecule has 2 aromatic carbocycles. The molecular weight excluding hydrogens is 383 g/mol. The topological polar surface area (TPSA) is 44.8 Å². The third-order valence-electron chi connectivity index (χ3n) is 4.08. The van der Waals surface area contributed by atoms with Crippen molar-refractivity contribution in [2.24, 2.45) is 0 Å². The van der Waals surface area contributed by atoms with E-state index < -0.39 is 0 Å². The van der Waals surface area contributed by atoms with Crippen molar-refractivity contribution in [1.82, 2.24) is 0 Å². The van der Waals surface area contributed by atoms with Crippen molar-refractivity contribution in [2.75, 3.05) is 0 Å². The molecule has 0 saturated heterocycles. The number of carbonyl (C=O) groups excluding carboxylic acids is 1. The van der Waals surface area contributed by atoms with Crippen LogP contribution in [0.15, 0.2) is 30.3 Å². The molecule has 0 fully saturated rings. The van der Waals surface area contributed by atoms with Crippen LogP contribution in [0.1, 0.15) is 63.0 Å². The molecule has 2 rings (SSSR count). The Morgan fingerprint density at radius 2 is 1.24 bits per heavy atom. The van der Waals surface area contributed by atoms with E-state index in [4.69, 9.17) is 14.2 Å². The van der Waals surface area contributed by atoms with Crippen molar-refractivity contribution >= 4 is 19.4 Å². The van der Waals surface area contributed by atoms with Gasteiger partial charge in [0.25, 0.3) is 0 Å². The van der Waals surface area contributed by atoms with Crippen LogP contribution in [0.5, 0.6) is 17.2 Å². The molecule has 0 aliphatic rings. The Morgan fingerprint density at radius 3 is 1.66 bits per heavy atom. The van der Waals surface area contributed by atoms with Crippen molar-refractivity contribution in [1.29, 1.82) is 0 Å². The number of ether oxygens (including phenoxy) is 3. The molecule has 0 aromatic heterocycles. The lowest BCUT2D eigenvalue weighted by Crippen LogP contribution is -2.19. The van der Waals surface area contributed by atoms with E-state index in [1.807, 2.05) is 85.7 Å². The predicted molar refractivity (Wildman–Crippen MR) is 122 cm³/mol. The Morgan fingerprint density at radius 1 is 0.793 bits per heavy atom. The molecule has 0 aliphatic carbocycles. The maximum absolute atomic E-state index is 13.3. The third kappa shape index (κ3) is 6.47. The van der Waals surface area contributed by atoms with Gasteiger partial charge in [-0.25, -0.2) is 0 Å². The fourth-order valence-electron chi connectivity index (χ4n) is 3.07. The van der Waals surface area contributed by atoms with Crippen LogP contribution in [0, 0.1) is 13.8 Å². The monoisotopic (exact) mass is 416 g/mol. The van der Waals surface area contributed by atoms with Crippen molar-refractivity contribution in [3.8, 4) is 17.2 Å². The first-order valence-corrected chi connectivity index (χ1v) is 11.1. The Bertz CT molecular complexity index is 805. The second-order valence-corrected chi connectivity index (χ2v) is 9.22. The fraction of sp³-hybridized carbons (Fsp3) is 0.458. The molecule has 0 N–H and O–H groups in total. The van der Waals surface area contributed by atoms with Crippen molar-refractivity contribution in [2.45, 2.75) is 73.7 Å². The third-order valence-corrected chi connectivity index (χ3v) is 5.30. The van der Waals surface area contributed by atoms with Crippen LogP contribution in [-0.4, -0.2) is 23.8 Å². The van der Waals surface area contributed by atoms with Crippen LogP contribution < -0.4 is 19.5 Å². The number of hydrogen-bond acceptors (Lipinski definition) is 4. The molecule has 29 heavy (non-hydrogen) atoms. The maximum atomic E-state index is 13.3. The molecule has 2 aromatic rings. The van der Waals surface area contributed by atoms with E-state index in [1.54, 1.807) is 0 Å². The minimum Gasteiger partial charge on any atom is -0.491 e. The van der Waals surface area contributed by atoms with Gasteiger partial charge in [-0.1, -0.05) is 18.2 Å². The van der Waals surface area contributed by atoms with Crippen LogP contribution in [-0.2, 0) is 0 Å². The lowest BCUT2D eigenvalue weighted by molar-refractivity contribution is 0.108. The summed E-state index contributed by atoms with van der Waals surface area (Å²) in [7, 11) is -0.107. The lowest BCUT2D eigenvalue weighted by Gasteiger charge is -2.22. The van der Waals surface area contributed by atoms with Gasteiger partial charge in [-0.05, 0) is 75.1 Å². The Kier molecular flexibility index (Phi) is 8.10. The highest BCUT2D eigenvalue weighted by molar-refractivity contribution is 7.66. The van der Waals surface area contributed by atoms with Crippen molar-refractivity contribution in [3.63, 3.8) is 0 Å². The lowest BCUT2D eigenvalue weighted by atomic mass is 10.0. The minimum absolute atomic E-state index is 0.0262. The van der Waals surface area contributed by atoms with Gasteiger partial charge < -0.3 is 14.2 Å². The summed E-state index contributed by atoms with van der Waals surface area (Å²) in [5, 5.41) is 0.788. The van der Waals surface area contributed by atoms with Gasteiger partial charge in [0.1, 0.15) is 17.2 Å². The van der Waals surface area contributed by atoms with Crippen LogP contribution in [0.4, 0.5) is 0 Å². The summed E-state index contributed by atoms with van der Waals surface area (Å²) in [6.07, 6.45) is -0.0385. The molecule has 5 heteroatoms. The number of rotatable bonds is 9. The van der Waals surface area contributed by atoms with E-state index in [0.29, 0.717) is 17.2 Å². The molecule has 0 saturated carbocycles. The maximum Gasteiger partial charge on any atom is 0.186 e. The van der Waals surface area contributed by atoms with E-state index in [0.717, 1.165) is 22.0 Å². The van der Waals surface area contributed by atoms with E-state index in [1.165, 1.54) is 0 Å². The first-order valence-electron chi connectivity index (χ1n) is 10.1. The first kappa shape index (κ1) is 23.2. The van der Waals surface area contributed by atoms with E-state index >= 15 is 0 Å². The zero-order chi connectivity index (χ0) is 21.7. The molecule has 1 atom stereocenters. The summed E-state index contributed by atoms with van der Waals surface area (Å²) in [6.45, 7) is 15.8. The number of benzene rings is 2. The standard InChI is InChI=1S/C24H33O4P/c1-14(2)26-19-12-20(27-15(3)4)23(21(13-19)28-16(5)6)29-24(25)22-17(7)10-9-11-18(22)8/h9-16,29H,1-8H3.